The third-order valence-electron chi connectivity index (χ3n) is 5.99. The third-order valence-corrected chi connectivity index (χ3v) is 7.01. The lowest BCUT2D eigenvalue weighted by atomic mass is 9.95. The van der Waals surface area contributed by atoms with Gasteiger partial charge in [0, 0.05) is 5.56 Å². The fourth-order valence-electron chi connectivity index (χ4n) is 4.28. The number of aliphatic hydroxyl groups excluding tert-OH is 1. The molecule has 1 fully saturated rings. The van der Waals surface area contributed by atoms with E-state index in [1.54, 1.807) is 18.2 Å². The summed E-state index contributed by atoms with van der Waals surface area (Å²) in [4.78, 5) is 32.8. The molecule has 1 aliphatic rings. The highest BCUT2D eigenvalue weighted by Gasteiger charge is 2.48. The summed E-state index contributed by atoms with van der Waals surface area (Å²) < 4.78 is 6.59. The summed E-state index contributed by atoms with van der Waals surface area (Å²) in [6.07, 6.45) is 0. The maximum Gasteiger partial charge on any atom is 0.301 e. The Morgan fingerprint density at radius 2 is 1.77 bits per heavy atom. The van der Waals surface area contributed by atoms with Crippen molar-refractivity contribution in [3.63, 3.8) is 0 Å². The van der Waals surface area contributed by atoms with E-state index in [9.17, 15) is 14.7 Å². The van der Waals surface area contributed by atoms with Gasteiger partial charge in [-0.3, -0.25) is 14.5 Å². The molecule has 1 aliphatic heterocycles. The molecule has 5 rings (SSSR count). The molecule has 6 nitrogen and oxygen atoms in total. The Kier molecular flexibility index (Phi) is 5.86. The van der Waals surface area contributed by atoms with Gasteiger partial charge < -0.3 is 9.84 Å². The summed E-state index contributed by atoms with van der Waals surface area (Å²) in [6.45, 7) is 6.30. The fraction of sp³-hybridized carbons (Fsp3) is 0.179. The minimum atomic E-state index is -0.849. The minimum Gasteiger partial charge on any atom is -0.507 e. The van der Waals surface area contributed by atoms with E-state index in [-0.39, 0.29) is 11.3 Å². The van der Waals surface area contributed by atoms with Gasteiger partial charge in [0.15, 0.2) is 5.13 Å². The zero-order valence-corrected chi connectivity index (χ0v) is 20.4. The highest BCUT2D eigenvalue weighted by molar-refractivity contribution is 7.22. The van der Waals surface area contributed by atoms with Gasteiger partial charge in [-0.05, 0) is 56.2 Å². The van der Waals surface area contributed by atoms with Gasteiger partial charge in [0.25, 0.3) is 5.78 Å². The molecule has 1 atom stereocenters. The monoisotopic (exact) mass is 484 g/mol. The Hall–Kier alpha value is -3.97. The average molecular weight is 485 g/mol. The predicted molar refractivity (Wildman–Crippen MR) is 138 cm³/mol. The van der Waals surface area contributed by atoms with Gasteiger partial charge in [0.1, 0.15) is 11.5 Å². The first-order valence-electron chi connectivity index (χ1n) is 11.4. The van der Waals surface area contributed by atoms with Gasteiger partial charge in [-0.25, -0.2) is 4.98 Å². The first-order valence-corrected chi connectivity index (χ1v) is 12.2. The number of rotatable bonds is 5. The minimum absolute atomic E-state index is 0.0305. The fourth-order valence-corrected chi connectivity index (χ4v) is 5.37. The van der Waals surface area contributed by atoms with Crippen molar-refractivity contribution in [2.45, 2.75) is 26.8 Å². The number of nitrogens with zero attached hydrogens (tertiary/aromatic N) is 2. The van der Waals surface area contributed by atoms with E-state index in [2.05, 4.69) is 4.98 Å². The SMILES string of the molecule is CCOc1cccc(C2/C(=C(\O)c3ccc(C)cc3)C(=O)C(=O)N2c2nc3ccc(C)cc3s2)c1. The van der Waals surface area contributed by atoms with Gasteiger partial charge in [-0.15, -0.1) is 0 Å². The van der Waals surface area contributed by atoms with Crippen molar-refractivity contribution < 1.29 is 19.4 Å². The molecule has 3 aromatic carbocycles. The van der Waals surface area contributed by atoms with E-state index in [0.29, 0.717) is 28.6 Å². The van der Waals surface area contributed by atoms with E-state index < -0.39 is 17.7 Å². The lowest BCUT2D eigenvalue weighted by molar-refractivity contribution is -0.132. The number of ketones is 1. The lowest BCUT2D eigenvalue weighted by Crippen LogP contribution is -2.29. The van der Waals surface area contributed by atoms with E-state index in [4.69, 9.17) is 4.74 Å². The second-order valence-corrected chi connectivity index (χ2v) is 9.52. The number of fused-ring (bicyclic) bond motifs is 1. The van der Waals surface area contributed by atoms with Crippen LogP contribution in [0.1, 0.15) is 35.2 Å². The summed E-state index contributed by atoms with van der Waals surface area (Å²) in [5.41, 5.74) is 4.00. The molecule has 2 heterocycles. The van der Waals surface area contributed by atoms with Crippen molar-refractivity contribution in [3.05, 3.63) is 94.6 Å². The first-order chi connectivity index (χ1) is 16.9. The van der Waals surface area contributed by atoms with Crippen LogP contribution in [0.2, 0.25) is 0 Å². The Balaban J connectivity index is 1.72. The number of anilines is 1. The van der Waals surface area contributed by atoms with Crippen LogP contribution in [0.4, 0.5) is 5.13 Å². The molecule has 35 heavy (non-hydrogen) atoms. The van der Waals surface area contributed by atoms with Gasteiger partial charge in [-0.1, -0.05) is 59.4 Å². The number of ether oxygens (including phenoxy) is 1. The molecule has 1 N–H and O–H groups in total. The topological polar surface area (TPSA) is 79.7 Å². The van der Waals surface area contributed by atoms with Crippen LogP contribution in [-0.2, 0) is 9.59 Å². The van der Waals surface area contributed by atoms with Gasteiger partial charge in [0.2, 0.25) is 0 Å². The van der Waals surface area contributed by atoms with Crippen LogP contribution in [0.3, 0.4) is 0 Å². The summed E-state index contributed by atoms with van der Waals surface area (Å²) in [7, 11) is 0. The number of carbonyl (C=O) groups is 2. The number of aryl methyl sites for hydroxylation is 2. The van der Waals surface area contributed by atoms with Crippen LogP contribution in [0.25, 0.3) is 16.0 Å². The molecule has 7 heteroatoms. The molecule has 1 aromatic heterocycles. The van der Waals surface area contributed by atoms with E-state index in [0.717, 1.165) is 21.3 Å². The first kappa shape index (κ1) is 22.8. The second-order valence-electron chi connectivity index (χ2n) is 8.51. The molecule has 0 aliphatic carbocycles. The summed E-state index contributed by atoms with van der Waals surface area (Å²) in [5.74, 6) is -1.06. The molecule has 1 amide bonds. The highest BCUT2D eigenvalue weighted by atomic mass is 32.1. The summed E-state index contributed by atoms with van der Waals surface area (Å²) >= 11 is 1.35. The number of benzene rings is 3. The zero-order valence-electron chi connectivity index (χ0n) is 19.6. The van der Waals surface area contributed by atoms with Crippen molar-refractivity contribution in [2.24, 2.45) is 0 Å². The molecule has 1 saturated heterocycles. The van der Waals surface area contributed by atoms with Crippen LogP contribution >= 0.6 is 11.3 Å². The molecule has 0 bridgehead atoms. The summed E-state index contributed by atoms with van der Waals surface area (Å²) in [6, 6.07) is 19.5. The third kappa shape index (κ3) is 4.08. The van der Waals surface area contributed by atoms with Crippen molar-refractivity contribution >= 4 is 44.1 Å². The number of amides is 1. The van der Waals surface area contributed by atoms with Crippen molar-refractivity contribution in [3.8, 4) is 5.75 Å². The van der Waals surface area contributed by atoms with E-state index >= 15 is 0 Å². The van der Waals surface area contributed by atoms with Crippen LogP contribution < -0.4 is 9.64 Å². The molecular formula is C28H24N2O4S. The molecule has 176 valence electrons. The molecule has 1 unspecified atom stereocenters. The number of carbonyl (C=O) groups excluding carboxylic acids is 2. The van der Waals surface area contributed by atoms with Crippen LogP contribution in [-0.4, -0.2) is 28.4 Å². The molecule has 4 aromatic rings. The molecule has 0 saturated carbocycles. The standard InChI is InChI=1S/C28H24N2O4S/c1-4-34-20-7-5-6-19(15-20)24-23(25(31)18-11-8-16(2)9-12-18)26(32)27(33)30(24)28-29-21-13-10-17(3)14-22(21)35-28/h5-15,24,31H,4H2,1-3H3/b25-23+. The van der Waals surface area contributed by atoms with Crippen LogP contribution in [0, 0.1) is 13.8 Å². The largest absolute Gasteiger partial charge is 0.507 e. The molecule has 0 radical (unpaired) electrons. The number of Topliss-reactive ketones (excluding diaryl/α,β-unsaturated/α-hetero) is 1. The number of aliphatic hydroxyl groups is 1. The molecular weight excluding hydrogens is 460 g/mol. The number of aromatic nitrogens is 1. The zero-order chi connectivity index (χ0) is 24.7. The van der Waals surface area contributed by atoms with Gasteiger partial charge in [0.05, 0.1) is 28.4 Å². The van der Waals surface area contributed by atoms with Crippen molar-refractivity contribution in [1.29, 1.82) is 0 Å². The Labute approximate surface area is 207 Å². The van der Waals surface area contributed by atoms with E-state index in [1.807, 2.05) is 69.3 Å². The van der Waals surface area contributed by atoms with Crippen LogP contribution in [0.15, 0.2) is 72.3 Å². The number of thiazole rings is 1. The summed E-state index contributed by atoms with van der Waals surface area (Å²) in [5, 5.41) is 11.7. The second kappa shape index (κ2) is 9.00. The Morgan fingerprint density at radius 3 is 2.51 bits per heavy atom. The smallest absolute Gasteiger partial charge is 0.301 e. The Morgan fingerprint density at radius 1 is 1.03 bits per heavy atom. The Bertz CT molecular complexity index is 1490. The van der Waals surface area contributed by atoms with E-state index in [1.165, 1.54) is 16.2 Å². The highest BCUT2D eigenvalue weighted by Crippen LogP contribution is 2.44. The lowest BCUT2D eigenvalue weighted by Gasteiger charge is -2.23. The van der Waals surface area contributed by atoms with Gasteiger partial charge in [-0.2, -0.15) is 0 Å². The molecule has 0 spiro atoms. The quantitative estimate of drug-likeness (QED) is 0.215. The predicted octanol–water partition coefficient (Wildman–Crippen LogP) is 5.94. The number of hydrogen-bond donors (Lipinski definition) is 1. The normalized spacial score (nSPS) is 17.3. The maximum atomic E-state index is 13.4. The van der Waals surface area contributed by atoms with Crippen molar-refractivity contribution in [2.75, 3.05) is 11.5 Å². The van der Waals surface area contributed by atoms with Crippen molar-refractivity contribution in [1.82, 2.24) is 4.98 Å². The average Bonchev–Trinajstić information content (AvgIpc) is 3.37. The van der Waals surface area contributed by atoms with Gasteiger partial charge >= 0.3 is 5.91 Å². The maximum absolute atomic E-state index is 13.4. The van der Waals surface area contributed by atoms with Crippen LogP contribution in [0.5, 0.6) is 5.75 Å². The number of hydrogen-bond acceptors (Lipinski definition) is 6.